The second-order valence-electron chi connectivity index (χ2n) is 7.28. The number of nitrogens with zero attached hydrogens (tertiary/aromatic N) is 3. The Morgan fingerprint density at radius 2 is 1.90 bits per heavy atom. The van der Waals surface area contributed by atoms with Crippen molar-refractivity contribution in [3.8, 4) is 5.75 Å². The molecule has 1 aromatic carbocycles. The van der Waals surface area contributed by atoms with Gasteiger partial charge in [-0.15, -0.1) is 24.0 Å². The molecule has 170 valence electrons. The number of pyridine rings is 1. The number of aromatic nitrogens is 1. The standard InChI is InChI=1S/C23H33N5O2.HI/c1-4-24-23(25-16-20-7-5-6-18(2)27-20)26-17-22(28-12-14-30-15-13-28)19-8-10-21(29-3)11-9-19;/h5-11,22H,4,12-17H2,1-3H3,(H2,24,25,26);1H. The molecule has 2 N–H and O–H groups in total. The third kappa shape index (κ3) is 7.93. The first-order chi connectivity index (χ1) is 14.7. The lowest BCUT2D eigenvalue weighted by atomic mass is 10.0. The molecule has 7 nitrogen and oxygen atoms in total. The number of benzene rings is 1. The maximum atomic E-state index is 5.56. The fraction of sp³-hybridized carbons (Fsp3) is 0.478. The van der Waals surface area contributed by atoms with Crippen LogP contribution in [-0.2, 0) is 11.3 Å². The molecule has 1 atom stereocenters. The second kappa shape index (κ2) is 13.5. The van der Waals surface area contributed by atoms with Crippen LogP contribution in [0.3, 0.4) is 0 Å². The number of guanidine groups is 1. The summed E-state index contributed by atoms with van der Waals surface area (Å²) in [7, 11) is 1.69. The minimum Gasteiger partial charge on any atom is -0.497 e. The van der Waals surface area contributed by atoms with Gasteiger partial charge < -0.3 is 20.1 Å². The highest BCUT2D eigenvalue weighted by Gasteiger charge is 2.23. The van der Waals surface area contributed by atoms with Gasteiger partial charge in [-0.2, -0.15) is 0 Å². The number of aliphatic imine (C=N–C) groups is 1. The van der Waals surface area contributed by atoms with Gasteiger partial charge in [-0.3, -0.25) is 9.88 Å². The second-order valence-corrected chi connectivity index (χ2v) is 7.28. The van der Waals surface area contributed by atoms with Gasteiger partial charge in [0.05, 0.1) is 38.6 Å². The highest BCUT2D eigenvalue weighted by atomic mass is 127. The maximum absolute atomic E-state index is 5.56. The van der Waals surface area contributed by atoms with Crippen LogP contribution < -0.4 is 15.4 Å². The zero-order valence-electron chi connectivity index (χ0n) is 18.6. The summed E-state index contributed by atoms with van der Waals surface area (Å²) in [5.41, 5.74) is 3.22. The highest BCUT2D eigenvalue weighted by Crippen LogP contribution is 2.23. The Bertz CT molecular complexity index is 810. The Morgan fingerprint density at radius 3 is 2.55 bits per heavy atom. The van der Waals surface area contributed by atoms with E-state index in [1.54, 1.807) is 7.11 Å². The Kier molecular flexibility index (Phi) is 11.0. The van der Waals surface area contributed by atoms with E-state index in [4.69, 9.17) is 14.5 Å². The molecule has 1 aromatic heterocycles. The fourth-order valence-electron chi connectivity index (χ4n) is 3.56. The van der Waals surface area contributed by atoms with Crippen molar-refractivity contribution in [3.63, 3.8) is 0 Å². The summed E-state index contributed by atoms with van der Waals surface area (Å²) in [6, 6.07) is 14.6. The Labute approximate surface area is 202 Å². The predicted molar refractivity (Wildman–Crippen MR) is 135 cm³/mol. The van der Waals surface area contributed by atoms with Crippen molar-refractivity contribution >= 4 is 29.9 Å². The van der Waals surface area contributed by atoms with Crippen LogP contribution in [0.25, 0.3) is 0 Å². The molecule has 1 unspecified atom stereocenters. The molecule has 0 bridgehead atoms. The van der Waals surface area contributed by atoms with E-state index < -0.39 is 0 Å². The maximum Gasteiger partial charge on any atom is 0.191 e. The fourth-order valence-corrected chi connectivity index (χ4v) is 3.56. The summed E-state index contributed by atoms with van der Waals surface area (Å²) in [5, 5.41) is 6.87. The molecule has 1 fully saturated rings. The summed E-state index contributed by atoms with van der Waals surface area (Å²) >= 11 is 0. The Morgan fingerprint density at radius 1 is 1.16 bits per heavy atom. The molecule has 0 amide bonds. The van der Waals surface area contributed by atoms with Gasteiger partial charge in [0.15, 0.2) is 5.96 Å². The van der Waals surface area contributed by atoms with Crippen LogP contribution in [0.4, 0.5) is 0 Å². The molecule has 0 saturated carbocycles. The number of halogens is 1. The van der Waals surface area contributed by atoms with Crippen molar-refractivity contribution in [3.05, 3.63) is 59.4 Å². The van der Waals surface area contributed by atoms with E-state index in [9.17, 15) is 0 Å². The van der Waals surface area contributed by atoms with Crippen LogP contribution in [0, 0.1) is 6.92 Å². The van der Waals surface area contributed by atoms with E-state index in [-0.39, 0.29) is 30.0 Å². The Hall–Kier alpha value is -1.91. The van der Waals surface area contributed by atoms with Crippen molar-refractivity contribution in [2.24, 2.45) is 4.99 Å². The number of ether oxygens (including phenoxy) is 2. The zero-order valence-corrected chi connectivity index (χ0v) is 21.0. The minimum absolute atomic E-state index is 0. The van der Waals surface area contributed by atoms with Crippen LogP contribution in [-0.4, -0.2) is 62.3 Å². The van der Waals surface area contributed by atoms with E-state index in [0.717, 1.165) is 62.5 Å². The molecule has 31 heavy (non-hydrogen) atoms. The van der Waals surface area contributed by atoms with Crippen molar-refractivity contribution in [1.29, 1.82) is 0 Å². The molecule has 1 aliphatic rings. The van der Waals surface area contributed by atoms with Gasteiger partial charge in [0.2, 0.25) is 0 Å². The quantitative estimate of drug-likeness (QED) is 0.305. The van der Waals surface area contributed by atoms with Crippen LogP contribution >= 0.6 is 24.0 Å². The van der Waals surface area contributed by atoms with Crippen molar-refractivity contribution in [2.75, 3.05) is 46.5 Å². The average molecular weight is 539 g/mol. The summed E-state index contributed by atoms with van der Waals surface area (Å²) in [6.07, 6.45) is 0. The van der Waals surface area contributed by atoms with Gasteiger partial charge in [-0.05, 0) is 43.7 Å². The number of hydrogen-bond acceptors (Lipinski definition) is 5. The van der Waals surface area contributed by atoms with E-state index in [2.05, 4.69) is 39.6 Å². The molecule has 3 rings (SSSR count). The topological polar surface area (TPSA) is 71.0 Å². The molecule has 8 heteroatoms. The van der Waals surface area contributed by atoms with Gasteiger partial charge in [-0.1, -0.05) is 18.2 Å². The van der Waals surface area contributed by atoms with Crippen molar-refractivity contribution in [2.45, 2.75) is 26.4 Å². The number of nitrogens with one attached hydrogen (secondary N) is 2. The van der Waals surface area contributed by atoms with Gasteiger partial charge in [0, 0.05) is 31.9 Å². The normalized spacial score (nSPS) is 15.6. The van der Waals surface area contributed by atoms with E-state index >= 15 is 0 Å². The first-order valence-corrected chi connectivity index (χ1v) is 10.6. The zero-order chi connectivity index (χ0) is 21.2. The van der Waals surface area contributed by atoms with Gasteiger partial charge in [0.25, 0.3) is 0 Å². The van der Waals surface area contributed by atoms with E-state index in [1.807, 2.05) is 37.3 Å². The molecule has 2 heterocycles. The average Bonchev–Trinajstić information content (AvgIpc) is 2.78. The van der Waals surface area contributed by atoms with Gasteiger partial charge in [-0.25, -0.2) is 4.99 Å². The number of methoxy groups -OCH3 is 1. The van der Waals surface area contributed by atoms with Crippen LogP contribution in [0.1, 0.15) is 29.9 Å². The first kappa shape index (κ1) is 25.4. The Balaban J connectivity index is 0.00000341. The van der Waals surface area contributed by atoms with Crippen molar-refractivity contribution in [1.82, 2.24) is 20.5 Å². The number of morpholine rings is 1. The predicted octanol–water partition coefficient (Wildman–Crippen LogP) is 3.15. The lowest BCUT2D eigenvalue weighted by molar-refractivity contribution is 0.0170. The molecule has 2 aromatic rings. The molecule has 0 radical (unpaired) electrons. The van der Waals surface area contributed by atoms with E-state index in [0.29, 0.717) is 6.54 Å². The van der Waals surface area contributed by atoms with Crippen LogP contribution in [0.15, 0.2) is 47.5 Å². The minimum atomic E-state index is 0. The summed E-state index contributed by atoms with van der Waals surface area (Å²) < 4.78 is 10.9. The summed E-state index contributed by atoms with van der Waals surface area (Å²) in [5.74, 6) is 1.67. The molecule has 1 saturated heterocycles. The summed E-state index contributed by atoms with van der Waals surface area (Å²) in [6.45, 7) is 9.53. The van der Waals surface area contributed by atoms with Gasteiger partial charge >= 0.3 is 0 Å². The number of hydrogen-bond donors (Lipinski definition) is 2. The van der Waals surface area contributed by atoms with Gasteiger partial charge in [0.1, 0.15) is 5.75 Å². The number of aryl methyl sites for hydroxylation is 1. The van der Waals surface area contributed by atoms with Crippen LogP contribution in [0.5, 0.6) is 5.75 Å². The van der Waals surface area contributed by atoms with Crippen molar-refractivity contribution < 1.29 is 9.47 Å². The molecule has 0 aliphatic carbocycles. The van der Waals surface area contributed by atoms with E-state index in [1.165, 1.54) is 5.56 Å². The summed E-state index contributed by atoms with van der Waals surface area (Å²) in [4.78, 5) is 11.7. The molecule has 1 aliphatic heterocycles. The molecular formula is C23H34IN5O2. The SMILES string of the molecule is CCNC(=NCc1cccc(C)n1)NCC(c1ccc(OC)cc1)N1CCOCC1.I. The molecular weight excluding hydrogens is 505 g/mol. The largest absolute Gasteiger partial charge is 0.497 e. The smallest absolute Gasteiger partial charge is 0.191 e. The van der Waals surface area contributed by atoms with Crippen LogP contribution in [0.2, 0.25) is 0 Å². The first-order valence-electron chi connectivity index (χ1n) is 10.6. The third-order valence-electron chi connectivity index (χ3n) is 5.14. The molecule has 0 spiro atoms. The monoisotopic (exact) mass is 539 g/mol. The number of rotatable bonds is 8. The lowest BCUT2D eigenvalue weighted by Crippen LogP contribution is -2.46. The highest BCUT2D eigenvalue weighted by molar-refractivity contribution is 14.0. The lowest BCUT2D eigenvalue weighted by Gasteiger charge is -2.35. The third-order valence-corrected chi connectivity index (χ3v) is 5.14.